The minimum Gasteiger partial charge on any atom is -0.497 e. The molecule has 10 nitrogen and oxygen atoms in total. The zero-order valence-electron chi connectivity index (χ0n) is 34.2. The average molecular weight is 791 g/mol. The van der Waals surface area contributed by atoms with E-state index >= 15 is 4.79 Å². The Bertz CT molecular complexity index is 2620. The van der Waals surface area contributed by atoms with Crippen molar-refractivity contribution in [2.75, 3.05) is 28.4 Å². The molecule has 0 spiro atoms. The van der Waals surface area contributed by atoms with Gasteiger partial charge in [-0.05, 0) is 122 Å². The fraction of sp³-hybridized carbons (Fsp3) is 0.204. The van der Waals surface area contributed by atoms with Gasteiger partial charge in [-0.2, -0.15) is 0 Å². The molecule has 0 N–H and O–H groups in total. The molecule has 0 aliphatic heterocycles. The van der Waals surface area contributed by atoms with Gasteiger partial charge in [0.15, 0.2) is 5.75 Å². The van der Waals surface area contributed by atoms with Gasteiger partial charge in [0.25, 0.3) is 0 Å². The van der Waals surface area contributed by atoms with Gasteiger partial charge in [0.05, 0.1) is 50.1 Å². The Morgan fingerprint density at radius 2 is 1.14 bits per heavy atom. The first-order chi connectivity index (χ1) is 28.4. The van der Waals surface area contributed by atoms with Crippen LogP contribution in [0.3, 0.4) is 0 Å². The number of ketones is 1. The van der Waals surface area contributed by atoms with Crippen LogP contribution in [0.1, 0.15) is 42.4 Å². The third-order valence-corrected chi connectivity index (χ3v) is 10.2. The first-order valence-electron chi connectivity index (χ1n) is 19.2. The summed E-state index contributed by atoms with van der Waals surface area (Å²) in [5.74, 6) is 2.61. The van der Waals surface area contributed by atoms with E-state index < -0.39 is 10.5 Å². The van der Waals surface area contributed by atoms with E-state index in [1.54, 1.807) is 70.9 Å². The van der Waals surface area contributed by atoms with Crippen LogP contribution in [0.15, 0.2) is 127 Å². The minimum absolute atomic E-state index is 0.145. The van der Waals surface area contributed by atoms with Gasteiger partial charge in [-0.3, -0.25) is 14.9 Å². The number of ether oxygens (including phenoxy) is 5. The maximum Gasteiger partial charge on any atom is 0.318 e. The summed E-state index contributed by atoms with van der Waals surface area (Å²) in [5.41, 5.74) is 5.74. The fourth-order valence-corrected chi connectivity index (χ4v) is 7.47. The minimum atomic E-state index is -0.714. The lowest BCUT2D eigenvalue weighted by Gasteiger charge is -2.22. The molecule has 7 aromatic rings. The van der Waals surface area contributed by atoms with Crippen molar-refractivity contribution < 1.29 is 33.4 Å². The quantitative estimate of drug-likeness (QED) is 0.0608. The summed E-state index contributed by atoms with van der Waals surface area (Å²) in [6.07, 6.45) is 0.556. The number of fused-ring (bicyclic) bond motifs is 1. The topological polar surface area (TPSA) is 111 Å². The highest BCUT2D eigenvalue weighted by molar-refractivity contribution is 6.22. The summed E-state index contributed by atoms with van der Waals surface area (Å²) in [6, 6.07) is 39.2. The normalized spacial score (nSPS) is 11.3. The number of carbonyl (C=O) groups is 1. The van der Waals surface area contributed by atoms with Gasteiger partial charge >= 0.3 is 5.69 Å². The van der Waals surface area contributed by atoms with E-state index in [1.165, 1.54) is 0 Å². The van der Waals surface area contributed by atoms with Gasteiger partial charge in [0.1, 0.15) is 28.6 Å². The van der Waals surface area contributed by atoms with Crippen molar-refractivity contribution in [2.24, 2.45) is 0 Å². The maximum atomic E-state index is 15.4. The van der Waals surface area contributed by atoms with Crippen LogP contribution in [0, 0.1) is 10.1 Å². The lowest BCUT2D eigenvalue weighted by molar-refractivity contribution is -0.385. The Hall–Kier alpha value is -7.07. The lowest BCUT2D eigenvalue weighted by atomic mass is 9.90. The van der Waals surface area contributed by atoms with E-state index in [4.69, 9.17) is 23.7 Å². The van der Waals surface area contributed by atoms with Crippen LogP contribution in [-0.2, 0) is 13.0 Å². The van der Waals surface area contributed by atoms with Gasteiger partial charge in [0, 0.05) is 28.6 Å². The second-order valence-corrected chi connectivity index (χ2v) is 15.0. The zero-order valence-corrected chi connectivity index (χ0v) is 34.2. The van der Waals surface area contributed by atoms with Crippen LogP contribution < -0.4 is 23.7 Å². The summed E-state index contributed by atoms with van der Waals surface area (Å²) in [5, 5.41) is 13.8. The summed E-state index contributed by atoms with van der Waals surface area (Å²) in [4.78, 5) is 28.1. The van der Waals surface area contributed by atoms with Gasteiger partial charge < -0.3 is 28.3 Å². The van der Waals surface area contributed by atoms with Crippen molar-refractivity contribution in [1.82, 2.24) is 4.57 Å². The molecule has 0 unspecified atom stereocenters. The Kier molecular flexibility index (Phi) is 11.4. The van der Waals surface area contributed by atoms with E-state index in [0.717, 1.165) is 33.5 Å². The van der Waals surface area contributed by atoms with Crippen LogP contribution in [0.2, 0.25) is 0 Å². The number of nitro groups is 1. The maximum absolute atomic E-state index is 15.4. The van der Waals surface area contributed by atoms with Crippen molar-refractivity contribution in [3.8, 4) is 62.1 Å². The third-order valence-electron chi connectivity index (χ3n) is 10.2. The van der Waals surface area contributed by atoms with Crippen molar-refractivity contribution in [3.05, 3.63) is 154 Å². The standard InChI is InChI=1S/C49H46N2O8/c1-49(2,3)59-42-10-8-9-41(45(42)51(53)54)40-28-27-39(32-13-21-36(56-5)22-14-32)46-44(40)43(33-15-23-37(57-6)24-16-33)47(48(52)34-17-25-38(58-7)26-18-34)50(46)30-29-31-11-19-35(55-4)20-12-31/h8-28H,29-30H2,1-7H3. The average Bonchev–Trinajstić information content (AvgIpc) is 3.59. The number of nitro benzene ring substituents is 1. The highest BCUT2D eigenvalue weighted by atomic mass is 16.6. The molecule has 0 bridgehead atoms. The Balaban J connectivity index is 1.65. The molecule has 0 fully saturated rings. The zero-order chi connectivity index (χ0) is 41.8. The summed E-state index contributed by atoms with van der Waals surface area (Å²) >= 11 is 0. The smallest absolute Gasteiger partial charge is 0.318 e. The first-order valence-corrected chi connectivity index (χ1v) is 19.2. The van der Waals surface area contributed by atoms with Crippen molar-refractivity contribution >= 4 is 22.4 Å². The van der Waals surface area contributed by atoms with Gasteiger partial charge in [-0.25, -0.2) is 0 Å². The van der Waals surface area contributed by atoms with E-state index in [2.05, 4.69) is 4.57 Å². The van der Waals surface area contributed by atoms with E-state index in [1.807, 2.05) is 106 Å². The van der Waals surface area contributed by atoms with E-state index in [0.29, 0.717) is 63.5 Å². The number of hydrogen-bond acceptors (Lipinski definition) is 8. The predicted octanol–water partition coefficient (Wildman–Crippen LogP) is 11.2. The van der Waals surface area contributed by atoms with E-state index in [-0.39, 0.29) is 17.2 Å². The molecule has 0 amide bonds. The molecule has 7 rings (SSSR count). The molecule has 0 atom stereocenters. The molecule has 59 heavy (non-hydrogen) atoms. The molecule has 10 heteroatoms. The van der Waals surface area contributed by atoms with Crippen LogP contribution in [-0.4, -0.2) is 49.3 Å². The molecule has 0 saturated carbocycles. The highest BCUT2D eigenvalue weighted by Gasteiger charge is 2.32. The number of para-hydroxylation sites is 1. The Morgan fingerprint density at radius 1 is 0.627 bits per heavy atom. The van der Waals surface area contributed by atoms with Crippen LogP contribution in [0.4, 0.5) is 5.69 Å². The SMILES string of the molecule is COc1ccc(CCn2c(C(=O)c3ccc(OC)cc3)c(-c3ccc(OC)cc3)c3c(-c4cccc(OC(C)(C)C)c4[N+](=O)[O-])ccc(-c4ccc(OC)cc4)c32)cc1. The second kappa shape index (κ2) is 16.8. The molecule has 0 saturated heterocycles. The van der Waals surface area contributed by atoms with Crippen LogP contribution in [0.5, 0.6) is 28.7 Å². The van der Waals surface area contributed by atoms with Crippen molar-refractivity contribution in [3.63, 3.8) is 0 Å². The molecular formula is C49H46N2O8. The van der Waals surface area contributed by atoms with Crippen LogP contribution in [0.25, 0.3) is 44.3 Å². The number of aryl methyl sites for hydroxylation is 2. The second-order valence-electron chi connectivity index (χ2n) is 15.0. The fourth-order valence-electron chi connectivity index (χ4n) is 7.47. The predicted molar refractivity (Wildman–Crippen MR) is 232 cm³/mol. The molecule has 0 aliphatic carbocycles. The summed E-state index contributed by atoms with van der Waals surface area (Å²) in [7, 11) is 6.43. The molecule has 0 radical (unpaired) electrons. The van der Waals surface area contributed by atoms with Gasteiger partial charge in [-0.15, -0.1) is 0 Å². The molecule has 1 aromatic heterocycles. The number of methoxy groups -OCH3 is 4. The molecule has 1 heterocycles. The summed E-state index contributed by atoms with van der Waals surface area (Å²) in [6.45, 7) is 5.95. The Morgan fingerprint density at radius 3 is 1.66 bits per heavy atom. The number of rotatable bonds is 14. The number of hydrogen-bond donors (Lipinski definition) is 0. The first kappa shape index (κ1) is 40.1. The number of aromatic nitrogens is 1. The van der Waals surface area contributed by atoms with Gasteiger partial charge in [-0.1, -0.05) is 54.6 Å². The Labute approximate surface area is 343 Å². The molecule has 300 valence electrons. The van der Waals surface area contributed by atoms with Crippen molar-refractivity contribution in [1.29, 1.82) is 0 Å². The third kappa shape index (κ3) is 8.20. The van der Waals surface area contributed by atoms with Crippen LogP contribution >= 0.6 is 0 Å². The number of carbonyl (C=O) groups excluding carboxylic acids is 1. The lowest BCUT2D eigenvalue weighted by Crippen LogP contribution is -2.23. The monoisotopic (exact) mass is 790 g/mol. The number of benzene rings is 6. The molecular weight excluding hydrogens is 745 g/mol. The largest absolute Gasteiger partial charge is 0.497 e. The van der Waals surface area contributed by atoms with Crippen molar-refractivity contribution in [2.45, 2.75) is 39.3 Å². The highest BCUT2D eigenvalue weighted by Crippen LogP contribution is 2.49. The van der Waals surface area contributed by atoms with Gasteiger partial charge in [0.2, 0.25) is 5.78 Å². The number of nitrogens with zero attached hydrogens (tertiary/aromatic N) is 2. The molecule has 0 aliphatic rings. The summed E-state index contributed by atoms with van der Waals surface area (Å²) < 4.78 is 30.3. The van der Waals surface area contributed by atoms with E-state index in [9.17, 15) is 10.1 Å². The molecule has 6 aromatic carbocycles.